The molecule has 5 nitrogen and oxygen atoms in total. The molecule has 1 aliphatic heterocycles. The maximum atomic E-state index is 12.8. The Morgan fingerprint density at radius 2 is 1.61 bits per heavy atom. The van der Waals surface area contributed by atoms with Crippen molar-refractivity contribution in [3.05, 3.63) is 0 Å². The maximum Gasteiger partial charge on any atom is 0.245 e. The first-order valence-corrected chi connectivity index (χ1v) is 8.91. The van der Waals surface area contributed by atoms with E-state index in [4.69, 9.17) is 0 Å². The number of hydrogen-bond acceptors (Lipinski definition) is 3. The third-order valence-electron chi connectivity index (χ3n) is 6.60. The van der Waals surface area contributed by atoms with E-state index in [0.717, 1.165) is 38.5 Å². The molecule has 0 unspecified atom stereocenters. The molecule has 2 aliphatic carbocycles. The quantitative estimate of drug-likeness (QED) is 0.746. The Balaban J connectivity index is 1.74. The Bertz CT molecular complexity index is 516. The molecule has 4 atom stereocenters. The molecule has 1 saturated heterocycles. The largest absolute Gasteiger partial charge is 0.341 e. The van der Waals surface area contributed by atoms with Gasteiger partial charge in [0, 0.05) is 13.1 Å². The monoisotopic (exact) mass is 320 g/mol. The maximum absolute atomic E-state index is 12.8. The average molecular weight is 320 g/mol. The SMILES string of the molecule is C[C@H](C(=O)N(C)[C@@H](C)C1(C)CC1)N1C(=O)[C@H]2CCCC[C@H]2C1=O. The number of amides is 3. The molecule has 0 aromatic heterocycles. The van der Waals surface area contributed by atoms with E-state index in [-0.39, 0.29) is 41.0 Å². The van der Waals surface area contributed by atoms with Gasteiger partial charge in [-0.2, -0.15) is 0 Å². The standard InChI is InChI=1S/C18H28N2O3/c1-11(15(21)19(4)12(2)18(3)9-10-18)20-16(22)13-7-5-6-8-14(13)17(20)23/h11-14H,5-10H2,1-4H3/t11-,12+,13-,14+/m1/s1. The summed E-state index contributed by atoms with van der Waals surface area (Å²) in [4.78, 5) is 41.1. The van der Waals surface area contributed by atoms with Crippen LogP contribution in [0.1, 0.15) is 59.3 Å². The molecular formula is C18H28N2O3. The lowest BCUT2D eigenvalue weighted by Gasteiger charge is -2.34. The number of likely N-dealkylation sites (tertiary alicyclic amines) is 1. The van der Waals surface area contributed by atoms with Crippen molar-refractivity contribution in [2.45, 2.75) is 71.4 Å². The van der Waals surface area contributed by atoms with Crippen molar-refractivity contribution in [2.24, 2.45) is 17.3 Å². The molecule has 128 valence electrons. The summed E-state index contributed by atoms with van der Waals surface area (Å²) >= 11 is 0. The van der Waals surface area contributed by atoms with E-state index in [1.807, 2.05) is 0 Å². The van der Waals surface area contributed by atoms with Gasteiger partial charge in [-0.25, -0.2) is 0 Å². The highest BCUT2D eigenvalue weighted by Crippen LogP contribution is 2.49. The van der Waals surface area contributed by atoms with E-state index in [9.17, 15) is 14.4 Å². The minimum absolute atomic E-state index is 0.119. The topological polar surface area (TPSA) is 57.7 Å². The lowest BCUT2D eigenvalue weighted by atomic mass is 9.81. The van der Waals surface area contributed by atoms with Gasteiger partial charge in [-0.3, -0.25) is 19.3 Å². The van der Waals surface area contributed by atoms with Crippen molar-refractivity contribution in [1.82, 2.24) is 9.80 Å². The second-order valence-electron chi connectivity index (χ2n) is 8.00. The molecule has 23 heavy (non-hydrogen) atoms. The van der Waals surface area contributed by atoms with E-state index in [1.165, 1.54) is 4.90 Å². The van der Waals surface area contributed by atoms with Crippen LogP contribution in [0.4, 0.5) is 0 Å². The molecule has 3 aliphatic rings. The smallest absolute Gasteiger partial charge is 0.245 e. The zero-order chi connectivity index (χ0) is 16.9. The zero-order valence-corrected chi connectivity index (χ0v) is 14.7. The van der Waals surface area contributed by atoms with Crippen molar-refractivity contribution in [1.29, 1.82) is 0 Å². The summed E-state index contributed by atoms with van der Waals surface area (Å²) in [5.74, 6) is -0.741. The van der Waals surface area contributed by atoms with Gasteiger partial charge in [-0.1, -0.05) is 19.8 Å². The minimum atomic E-state index is -0.685. The fraction of sp³-hybridized carbons (Fsp3) is 0.833. The number of rotatable bonds is 4. The fourth-order valence-corrected chi connectivity index (χ4v) is 4.25. The molecule has 0 spiro atoms. The fourth-order valence-electron chi connectivity index (χ4n) is 4.25. The summed E-state index contributed by atoms with van der Waals surface area (Å²) < 4.78 is 0. The van der Waals surface area contributed by atoms with Crippen LogP contribution in [0.3, 0.4) is 0 Å². The molecule has 1 heterocycles. The summed E-state index contributed by atoms with van der Waals surface area (Å²) in [7, 11) is 1.80. The van der Waals surface area contributed by atoms with E-state index in [1.54, 1.807) is 18.9 Å². The van der Waals surface area contributed by atoms with Crippen LogP contribution < -0.4 is 0 Å². The van der Waals surface area contributed by atoms with Gasteiger partial charge >= 0.3 is 0 Å². The average Bonchev–Trinajstić information content (AvgIpc) is 3.25. The second kappa shape index (κ2) is 5.60. The highest BCUT2D eigenvalue weighted by Gasteiger charge is 2.52. The Labute approximate surface area is 138 Å². The molecule has 3 fully saturated rings. The number of carbonyl (C=O) groups excluding carboxylic acids is 3. The number of likely N-dealkylation sites (N-methyl/N-ethyl adjacent to an activating group) is 1. The number of imide groups is 1. The van der Waals surface area contributed by atoms with Crippen molar-refractivity contribution >= 4 is 17.7 Å². The van der Waals surface area contributed by atoms with Gasteiger partial charge in [0.1, 0.15) is 6.04 Å². The molecule has 0 N–H and O–H groups in total. The lowest BCUT2D eigenvalue weighted by molar-refractivity contribution is -0.151. The molecule has 0 radical (unpaired) electrons. The second-order valence-corrected chi connectivity index (χ2v) is 8.00. The van der Waals surface area contributed by atoms with Crippen LogP contribution >= 0.6 is 0 Å². The molecule has 3 rings (SSSR count). The molecule has 2 saturated carbocycles. The zero-order valence-electron chi connectivity index (χ0n) is 14.7. The Hall–Kier alpha value is -1.39. The van der Waals surface area contributed by atoms with Gasteiger partial charge in [0.25, 0.3) is 0 Å². The summed E-state index contributed by atoms with van der Waals surface area (Å²) in [6.45, 7) is 5.95. The lowest BCUT2D eigenvalue weighted by Crippen LogP contribution is -2.52. The highest BCUT2D eigenvalue weighted by molar-refractivity contribution is 6.08. The summed E-state index contributed by atoms with van der Waals surface area (Å²) in [6.07, 6.45) is 5.85. The third-order valence-corrected chi connectivity index (χ3v) is 6.60. The Morgan fingerprint density at radius 3 is 2.04 bits per heavy atom. The van der Waals surface area contributed by atoms with Crippen LogP contribution in [-0.4, -0.2) is 46.7 Å². The molecular weight excluding hydrogens is 292 g/mol. The number of carbonyl (C=O) groups is 3. The third kappa shape index (κ3) is 2.58. The first-order valence-electron chi connectivity index (χ1n) is 8.91. The summed E-state index contributed by atoms with van der Waals surface area (Å²) in [6, 6.07) is -0.553. The van der Waals surface area contributed by atoms with Gasteiger partial charge in [0.15, 0.2) is 0 Å². The molecule has 3 amide bonds. The molecule has 0 bridgehead atoms. The van der Waals surface area contributed by atoms with Crippen LogP contribution in [0.2, 0.25) is 0 Å². The normalized spacial score (nSPS) is 31.6. The number of nitrogens with zero attached hydrogens (tertiary/aromatic N) is 2. The van der Waals surface area contributed by atoms with Gasteiger partial charge in [-0.15, -0.1) is 0 Å². The van der Waals surface area contributed by atoms with Crippen LogP contribution in [0, 0.1) is 17.3 Å². The summed E-state index contributed by atoms with van der Waals surface area (Å²) in [5, 5.41) is 0. The minimum Gasteiger partial charge on any atom is -0.341 e. The molecule has 0 aromatic rings. The predicted molar refractivity (Wildman–Crippen MR) is 86.3 cm³/mol. The Morgan fingerprint density at radius 1 is 1.13 bits per heavy atom. The van der Waals surface area contributed by atoms with Gasteiger partial charge in [0.2, 0.25) is 17.7 Å². The van der Waals surface area contributed by atoms with E-state index in [0.29, 0.717) is 0 Å². The highest BCUT2D eigenvalue weighted by atomic mass is 16.2. The predicted octanol–water partition coefficient (Wildman–Crippen LogP) is 2.20. The van der Waals surface area contributed by atoms with E-state index >= 15 is 0 Å². The molecule has 5 heteroatoms. The van der Waals surface area contributed by atoms with Crippen molar-refractivity contribution < 1.29 is 14.4 Å². The molecule has 0 aromatic carbocycles. The van der Waals surface area contributed by atoms with Crippen molar-refractivity contribution in [3.63, 3.8) is 0 Å². The van der Waals surface area contributed by atoms with Gasteiger partial charge in [0.05, 0.1) is 11.8 Å². The number of fused-ring (bicyclic) bond motifs is 1. The first-order chi connectivity index (χ1) is 10.8. The van der Waals surface area contributed by atoms with Gasteiger partial charge < -0.3 is 4.90 Å². The summed E-state index contributed by atoms with van der Waals surface area (Å²) in [5.41, 5.74) is 0.192. The van der Waals surface area contributed by atoms with Crippen LogP contribution in [0.5, 0.6) is 0 Å². The van der Waals surface area contributed by atoms with Crippen LogP contribution in [0.25, 0.3) is 0 Å². The van der Waals surface area contributed by atoms with Crippen LogP contribution in [0.15, 0.2) is 0 Å². The Kier molecular flexibility index (Phi) is 4.01. The van der Waals surface area contributed by atoms with E-state index < -0.39 is 6.04 Å². The van der Waals surface area contributed by atoms with Crippen LogP contribution in [-0.2, 0) is 14.4 Å². The van der Waals surface area contributed by atoms with Crippen molar-refractivity contribution in [2.75, 3.05) is 7.05 Å². The van der Waals surface area contributed by atoms with E-state index in [2.05, 4.69) is 13.8 Å². The van der Waals surface area contributed by atoms with Crippen molar-refractivity contribution in [3.8, 4) is 0 Å². The number of hydrogen-bond donors (Lipinski definition) is 0. The van der Waals surface area contributed by atoms with Gasteiger partial charge in [-0.05, 0) is 44.9 Å². The first kappa shape index (κ1) is 16.5.